The first kappa shape index (κ1) is 17.9. The van der Waals surface area contributed by atoms with Crippen molar-refractivity contribution in [2.45, 2.75) is 19.0 Å². The van der Waals surface area contributed by atoms with E-state index in [1.165, 1.54) is 23.2 Å². The summed E-state index contributed by atoms with van der Waals surface area (Å²) in [5.74, 6) is 0.0449. The smallest absolute Gasteiger partial charge is 0.416 e. The van der Waals surface area contributed by atoms with Crippen LogP contribution in [-0.2, 0) is 15.8 Å². The molecule has 26 heavy (non-hydrogen) atoms. The van der Waals surface area contributed by atoms with E-state index in [0.717, 1.165) is 12.1 Å². The highest BCUT2D eigenvalue weighted by molar-refractivity contribution is 6.01. The van der Waals surface area contributed by atoms with Crippen LogP contribution in [0, 0.1) is 0 Å². The van der Waals surface area contributed by atoms with Crippen molar-refractivity contribution < 1.29 is 27.5 Å². The van der Waals surface area contributed by atoms with Crippen molar-refractivity contribution in [3.63, 3.8) is 0 Å². The van der Waals surface area contributed by atoms with Gasteiger partial charge in [-0.05, 0) is 24.3 Å². The van der Waals surface area contributed by atoms with Crippen molar-refractivity contribution in [3.8, 4) is 17.0 Å². The van der Waals surface area contributed by atoms with Crippen molar-refractivity contribution in [2.24, 2.45) is 0 Å². The molecule has 0 unspecified atom stereocenters. The first-order valence-corrected chi connectivity index (χ1v) is 7.94. The third-order valence-electron chi connectivity index (χ3n) is 3.98. The normalized spacial score (nSPS) is 14.8. The van der Waals surface area contributed by atoms with E-state index in [2.05, 4.69) is 4.98 Å². The fourth-order valence-electron chi connectivity index (χ4n) is 2.59. The van der Waals surface area contributed by atoms with Crippen LogP contribution in [-0.4, -0.2) is 34.8 Å². The summed E-state index contributed by atoms with van der Waals surface area (Å²) in [7, 11) is 0. The fourth-order valence-corrected chi connectivity index (χ4v) is 2.59. The molecule has 136 valence electrons. The third-order valence-corrected chi connectivity index (χ3v) is 3.98. The minimum atomic E-state index is -4.37. The Balaban J connectivity index is 1.58. The minimum Gasteiger partial charge on any atom is -0.490 e. The number of rotatable bonds is 5. The van der Waals surface area contributed by atoms with Gasteiger partial charge in [-0.25, -0.2) is 0 Å². The zero-order chi connectivity index (χ0) is 18.7. The van der Waals surface area contributed by atoms with E-state index in [-0.39, 0.29) is 37.8 Å². The van der Waals surface area contributed by atoms with Gasteiger partial charge in [-0.2, -0.15) is 13.2 Å². The largest absolute Gasteiger partial charge is 0.490 e. The van der Waals surface area contributed by atoms with E-state index >= 15 is 0 Å². The monoisotopic (exact) mass is 364 g/mol. The maximum atomic E-state index is 12.6. The van der Waals surface area contributed by atoms with Crippen LogP contribution in [0.5, 0.6) is 5.75 Å². The maximum Gasteiger partial charge on any atom is 0.416 e. The number of hydrogen-bond donors (Lipinski definition) is 0. The van der Waals surface area contributed by atoms with Gasteiger partial charge in [0.15, 0.2) is 0 Å². The van der Waals surface area contributed by atoms with E-state index < -0.39 is 11.7 Å². The molecule has 1 aliphatic rings. The molecule has 1 aliphatic heterocycles. The van der Waals surface area contributed by atoms with Gasteiger partial charge >= 0.3 is 6.18 Å². The van der Waals surface area contributed by atoms with E-state index in [1.54, 1.807) is 12.1 Å². The number of halogens is 3. The zero-order valence-corrected chi connectivity index (χ0v) is 13.6. The van der Waals surface area contributed by atoms with Gasteiger partial charge in [0, 0.05) is 18.4 Å². The van der Waals surface area contributed by atoms with Gasteiger partial charge in [-0.3, -0.25) is 19.5 Å². The van der Waals surface area contributed by atoms with Crippen LogP contribution in [0.4, 0.5) is 13.2 Å². The lowest BCUT2D eigenvalue weighted by Gasteiger charge is -2.14. The number of amides is 2. The molecule has 2 amide bonds. The van der Waals surface area contributed by atoms with Crippen LogP contribution in [0.3, 0.4) is 0 Å². The second kappa shape index (κ2) is 7.15. The lowest BCUT2D eigenvalue weighted by atomic mass is 10.1. The van der Waals surface area contributed by atoms with Crippen molar-refractivity contribution in [2.75, 3.05) is 13.2 Å². The Bertz CT molecular complexity index is 786. The van der Waals surface area contributed by atoms with Crippen LogP contribution >= 0.6 is 0 Å². The van der Waals surface area contributed by atoms with Crippen LogP contribution in [0.2, 0.25) is 0 Å². The average Bonchev–Trinajstić information content (AvgIpc) is 2.94. The van der Waals surface area contributed by atoms with Crippen LogP contribution in [0.15, 0.2) is 42.6 Å². The highest BCUT2D eigenvalue weighted by Crippen LogP contribution is 2.30. The maximum absolute atomic E-state index is 12.6. The first-order valence-electron chi connectivity index (χ1n) is 7.94. The molecular weight excluding hydrogens is 349 g/mol. The molecule has 2 heterocycles. The summed E-state index contributed by atoms with van der Waals surface area (Å²) in [5, 5.41) is 0. The second-order valence-corrected chi connectivity index (χ2v) is 5.74. The van der Waals surface area contributed by atoms with E-state index in [4.69, 9.17) is 4.74 Å². The van der Waals surface area contributed by atoms with Crippen LogP contribution in [0.1, 0.15) is 18.4 Å². The molecule has 8 heteroatoms. The molecule has 1 saturated heterocycles. The second-order valence-electron chi connectivity index (χ2n) is 5.74. The summed E-state index contributed by atoms with van der Waals surface area (Å²) in [4.78, 5) is 28.3. The molecule has 0 N–H and O–H groups in total. The van der Waals surface area contributed by atoms with Crippen molar-refractivity contribution in [1.82, 2.24) is 9.88 Å². The number of carbonyl (C=O) groups is 2. The van der Waals surface area contributed by atoms with Gasteiger partial charge in [0.25, 0.3) is 0 Å². The highest BCUT2D eigenvalue weighted by atomic mass is 19.4. The molecule has 0 bridgehead atoms. The Hall–Kier alpha value is -2.90. The lowest BCUT2D eigenvalue weighted by Crippen LogP contribution is -2.33. The molecule has 0 spiro atoms. The Labute approximate surface area is 147 Å². The molecule has 0 aliphatic carbocycles. The standard InChI is InChI=1S/C18H15F3N2O3/c19-18(20,21)13-3-1-12(2-4-13)15-6-5-14(11-22-15)26-10-9-23-16(24)7-8-17(23)25/h1-6,11H,7-10H2. The number of benzene rings is 1. The van der Waals surface area contributed by atoms with Gasteiger partial charge in [0.2, 0.25) is 11.8 Å². The molecular formula is C18H15F3N2O3. The van der Waals surface area contributed by atoms with Gasteiger partial charge in [-0.1, -0.05) is 12.1 Å². The predicted molar refractivity (Wildman–Crippen MR) is 86.1 cm³/mol. The summed E-state index contributed by atoms with van der Waals surface area (Å²) in [6.45, 7) is 0.330. The number of aromatic nitrogens is 1. The summed E-state index contributed by atoms with van der Waals surface area (Å²) < 4.78 is 43.2. The van der Waals surface area contributed by atoms with Gasteiger partial charge in [0.05, 0.1) is 24.0 Å². The van der Waals surface area contributed by atoms with E-state index in [0.29, 0.717) is 17.0 Å². The van der Waals surface area contributed by atoms with E-state index in [9.17, 15) is 22.8 Å². The average molecular weight is 364 g/mol. The zero-order valence-electron chi connectivity index (χ0n) is 13.6. The lowest BCUT2D eigenvalue weighted by molar-refractivity contribution is -0.139. The number of imide groups is 1. The molecule has 3 rings (SSSR count). The predicted octanol–water partition coefficient (Wildman–Crippen LogP) is 3.30. The van der Waals surface area contributed by atoms with Crippen LogP contribution in [0.25, 0.3) is 11.3 Å². The SMILES string of the molecule is O=C1CCC(=O)N1CCOc1ccc(-c2ccc(C(F)(F)F)cc2)nc1. The van der Waals surface area contributed by atoms with Crippen LogP contribution < -0.4 is 4.74 Å². The molecule has 2 aromatic rings. The number of ether oxygens (including phenoxy) is 1. The Morgan fingerprint density at radius 1 is 1.00 bits per heavy atom. The van der Waals surface area contributed by atoms with Crippen molar-refractivity contribution in [1.29, 1.82) is 0 Å². The number of alkyl halides is 3. The Morgan fingerprint density at radius 2 is 1.65 bits per heavy atom. The first-order chi connectivity index (χ1) is 12.3. The Morgan fingerprint density at radius 3 is 2.19 bits per heavy atom. The highest BCUT2D eigenvalue weighted by Gasteiger charge is 2.30. The number of likely N-dealkylation sites (tertiary alicyclic amines) is 1. The van der Waals surface area contributed by atoms with Gasteiger partial charge in [0.1, 0.15) is 12.4 Å². The minimum absolute atomic E-state index is 0.152. The summed E-state index contributed by atoms with van der Waals surface area (Å²) in [6, 6.07) is 7.99. The van der Waals surface area contributed by atoms with E-state index in [1.807, 2.05) is 0 Å². The quantitative estimate of drug-likeness (QED) is 0.764. The molecule has 0 saturated carbocycles. The fraction of sp³-hybridized carbons (Fsp3) is 0.278. The molecule has 1 aromatic heterocycles. The molecule has 0 radical (unpaired) electrons. The molecule has 0 atom stereocenters. The molecule has 5 nitrogen and oxygen atoms in total. The van der Waals surface area contributed by atoms with Gasteiger partial charge < -0.3 is 4.74 Å². The van der Waals surface area contributed by atoms with Crippen molar-refractivity contribution in [3.05, 3.63) is 48.2 Å². The molecule has 1 aromatic carbocycles. The summed E-state index contributed by atoms with van der Waals surface area (Å²) >= 11 is 0. The Kier molecular flexibility index (Phi) is 4.92. The van der Waals surface area contributed by atoms with Gasteiger partial charge in [-0.15, -0.1) is 0 Å². The van der Waals surface area contributed by atoms with Crippen molar-refractivity contribution >= 4 is 11.8 Å². The summed E-state index contributed by atoms with van der Waals surface area (Å²) in [5.41, 5.74) is 0.348. The number of hydrogen-bond acceptors (Lipinski definition) is 4. The summed E-state index contributed by atoms with van der Waals surface area (Å²) in [6.07, 6.45) is -2.45. The number of pyridine rings is 1. The molecule has 1 fully saturated rings. The number of carbonyl (C=O) groups excluding carboxylic acids is 2. The third kappa shape index (κ3) is 4.01. The number of nitrogens with zero attached hydrogens (tertiary/aromatic N) is 2. The topological polar surface area (TPSA) is 59.5 Å².